The van der Waals surface area contributed by atoms with Crippen LogP contribution in [-0.4, -0.2) is 14.8 Å². The molecule has 3 rings (SSSR count). The van der Waals surface area contributed by atoms with Crippen molar-refractivity contribution in [3.05, 3.63) is 52.9 Å². The number of hydrogen-bond donors (Lipinski definition) is 0. The topological polar surface area (TPSA) is 39.9 Å². The van der Waals surface area contributed by atoms with Crippen molar-refractivity contribution in [2.45, 2.75) is 13.5 Å². The molecule has 0 saturated carbocycles. The quantitative estimate of drug-likeness (QED) is 0.740. The zero-order valence-corrected chi connectivity index (χ0v) is 12.1. The third kappa shape index (κ3) is 2.34. The van der Waals surface area contributed by atoms with Crippen LogP contribution >= 0.6 is 11.6 Å². The number of fused-ring (bicyclic) bond motifs is 1. The number of halogens is 1. The first kappa shape index (κ1) is 12.9. The summed E-state index contributed by atoms with van der Waals surface area (Å²) < 4.78 is 7.42. The van der Waals surface area contributed by atoms with Gasteiger partial charge in [-0.25, -0.2) is 0 Å². The first-order chi connectivity index (χ1) is 9.65. The number of pyridine rings is 1. The monoisotopic (exact) mass is 287 g/mol. The molecule has 0 aliphatic rings. The Morgan fingerprint density at radius 1 is 1.30 bits per heavy atom. The van der Waals surface area contributed by atoms with Crippen LogP contribution in [0.3, 0.4) is 0 Å². The minimum absolute atomic E-state index is 0.387. The highest BCUT2D eigenvalue weighted by atomic mass is 35.5. The van der Waals surface area contributed by atoms with Crippen LogP contribution in [-0.2, 0) is 13.7 Å². The van der Waals surface area contributed by atoms with Crippen molar-refractivity contribution in [2.75, 3.05) is 0 Å². The van der Waals surface area contributed by atoms with Gasteiger partial charge in [-0.2, -0.15) is 5.10 Å². The fourth-order valence-corrected chi connectivity index (χ4v) is 2.35. The third-order valence-electron chi connectivity index (χ3n) is 3.22. The van der Waals surface area contributed by atoms with Gasteiger partial charge in [0, 0.05) is 18.0 Å². The first-order valence-electron chi connectivity index (χ1n) is 6.30. The Morgan fingerprint density at radius 3 is 2.85 bits per heavy atom. The van der Waals surface area contributed by atoms with Crippen LogP contribution < -0.4 is 4.74 Å². The maximum atomic E-state index is 6.18. The highest BCUT2D eigenvalue weighted by molar-refractivity contribution is 6.30. The lowest BCUT2D eigenvalue weighted by Crippen LogP contribution is -1.97. The van der Waals surface area contributed by atoms with E-state index in [1.54, 1.807) is 10.9 Å². The molecule has 0 atom stereocenters. The molecule has 0 unspecified atom stereocenters. The van der Waals surface area contributed by atoms with Gasteiger partial charge in [0.15, 0.2) is 0 Å². The van der Waals surface area contributed by atoms with E-state index >= 15 is 0 Å². The number of rotatable bonds is 3. The highest BCUT2D eigenvalue weighted by Crippen LogP contribution is 2.22. The predicted molar refractivity (Wildman–Crippen MR) is 79.0 cm³/mol. The van der Waals surface area contributed by atoms with Gasteiger partial charge in [0.2, 0.25) is 0 Å². The van der Waals surface area contributed by atoms with Crippen LogP contribution in [0.4, 0.5) is 0 Å². The minimum Gasteiger partial charge on any atom is -0.487 e. The summed E-state index contributed by atoms with van der Waals surface area (Å²) in [5.74, 6) is 0.725. The lowest BCUT2D eigenvalue weighted by Gasteiger charge is -2.06. The van der Waals surface area contributed by atoms with E-state index in [0.29, 0.717) is 11.8 Å². The fraction of sp³-hybridized carbons (Fsp3) is 0.200. The maximum Gasteiger partial charge on any atom is 0.138 e. The SMILES string of the molecule is Cc1nn(C)c(Cl)c1COc1cnc2ccccc2c1. The summed E-state index contributed by atoms with van der Waals surface area (Å²) in [6.45, 7) is 2.31. The van der Waals surface area contributed by atoms with Crippen LogP contribution in [0.15, 0.2) is 36.5 Å². The van der Waals surface area contributed by atoms with Gasteiger partial charge in [-0.15, -0.1) is 0 Å². The first-order valence-corrected chi connectivity index (χ1v) is 6.68. The van der Waals surface area contributed by atoms with E-state index in [0.717, 1.165) is 27.9 Å². The number of aromatic nitrogens is 3. The smallest absolute Gasteiger partial charge is 0.138 e. The van der Waals surface area contributed by atoms with E-state index in [-0.39, 0.29) is 0 Å². The van der Waals surface area contributed by atoms with E-state index in [4.69, 9.17) is 16.3 Å². The van der Waals surface area contributed by atoms with E-state index < -0.39 is 0 Å². The lowest BCUT2D eigenvalue weighted by molar-refractivity contribution is 0.305. The molecule has 5 heteroatoms. The summed E-state index contributed by atoms with van der Waals surface area (Å²) in [6, 6.07) is 9.91. The Kier molecular flexibility index (Phi) is 3.32. The van der Waals surface area contributed by atoms with Crippen molar-refractivity contribution in [3.63, 3.8) is 0 Å². The van der Waals surface area contributed by atoms with Crippen LogP contribution in [0.5, 0.6) is 5.75 Å². The van der Waals surface area contributed by atoms with Gasteiger partial charge >= 0.3 is 0 Å². The van der Waals surface area contributed by atoms with E-state index in [2.05, 4.69) is 10.1 Å². The zero-order valence-electron chi connectivity index (χ0n) is 11.3. The molecular weight excluding hydrogens is 274 g/mol. The average Bonchev–Trinajstić information content (AvgIpc) is 2.70. The number of para-hydroxylation sites is 1. The molecule has 0 N–H and O–H groups in total. The average molecular weight is 288 g/mol. The number of hydrogen-bond acceptors (Lipinski definition) is 3. The largest absolute Gasteiger partial charge is 0.487 e. The summed E-state index contributed by atoms with van der Waals surface area (Å²) in [5, 5.41) is 5.92. The van der Waals surface area contributed by atoms with Crippen molar-refractivity contribution in [1.82, 2.24) is 14.8 Å². The molecule has 0 aliphatic heterocycles. The molecule has 3 aromatic rings. The number of benzene rings is 1. The molecule has 0 amide bonds. The summed E-state index contributed by atoms with van der Waals surface area (Å²) in [5.41, 5.74) is 2.74. The lowest BCUT2D eigenvalue weighted by atomic mass is 10.2. The molecule has 0 aliphatic carbocycles. The molecule has 1 aromatic carbocycles. The maximum absolute atomic E-state index is 6.18. The summed E-state index contributed by atoms with van der Waals surface area (Å²) in [4.78, 5) is 4.36. The van der Waals surface area contributed by atoms with Crippen molar-refractivity contribution in [2.24, 2.45) is 7.05 Å². The Hall–Kier alpha value is -2.07. The predicted octanol–water partition coefficient (Wildman–Crippen LogP) is 3.51. The minimum atomic E-state index is 0.387. The Balaban J connectivity index is 1.83. The fourth-order valence-electron chi connectivity index (χ4n) is 2.12. The van der Waals surface area contributed by atoms with E-state index in [1.807, 2.05) is 44.3 Å². The second kappa shape index (κ2) is 5.13. The molecule has 102 valence electrons. The van der Waals surface area contributed by atoms with Crippen molar-refractivity contribution >= 4 is 22.5 Å². The molecule has 0 bridgehead atoms. The molecular formula is C15H14ClN3O. The van der Waals surface area contributed by atoms with Crippen molar-refractivity contribution in [3.8, 4) is 5.75 Å². The second-order valence-corrected chi connectivity index (χ2v) is 4.99. The summed E-state index contributed by atoms with van der Waals surface area (Å²) in [6.07, 6.45) is 1.72. The zero-order chi connectivity index (χ0) is 14.1. The Bertz CT molecular complexity index is 767. The highest BCUT2D eigenvalue weighted by Gasteiger charge is 2.11. The van der Waals surface area contributed by atoms with Gasteiger partial charge in [-0.3, -0.25) is 9.67 Å². The van der Waals surface area contributed by atoms with Crippen LogP contribution in [0.25, 0.3) is 10.9 Å². The number of aryl methyl sites for hydroxylation is 2. The number of nitrogens with zero attached hydrogens (tertiary/aromatic N) is 3. The third-order valence-corrected chi connectivity index (χ3v) is 3.69. The van der Waals surface area contributed by atoms with Crippen molar-refractivity contribution in [1.29, 1.82) is 0 Å². The van der Waals surface area contributed by atoms with E-state index in [9.17, 15) is 0 Å². The summed E-state index contributed by atoms with van der Waals surface area (Å²) >= 11 is 6.18. The Labute approximate surface area is 122 Å². The van der Waals surface area contributed by atoms with Gasteiger partial charge in [-0.1, -0.05) is 29.8 Å². The second-order valence-electron chi connectivity index (χ2n) is 4.63. The summed E-state index contributed by atoms with van der Waals surface area (Å²) in [7, 11) is 1.82. The normalized spacial score (nSPS) is 10.9. The molecule has 0 saturated heterocycles. The molecule has 4 nitrogen and oxygen atoms in total. The molecule has 0 radical (unpaired) electrons. The van der Waals surface area contributed by atoms with Gasteiger partial charge in [0.1, 0.15) is 17.5 Å². The van der Waals surface area contributed by atoms with Gasteiger partial charge in [-0.05, 0) is 19.1 Å². The molecule has 2 heterocycles. The molecule has 0 spiro atoms. The molecule has 2 aromatic heterocycles. The molecule has 0 fully saturated rings. The van der Waals surface area contributed by atoms with Gasteiger partial charge in [0.05, 0.1) is 17.4 Å². The van der Waals surface area contributed by atoms with E-state index in [1.165, 1.54) is 0 Å². The van der Waals surface area contributed by atoms with Crippen molar-refractivity contribution < 1.29 is 4.74 Å². The molecule has 20 heavy (non-hydrogen) atoms. The van der Waals surface area contributed by atoms with Crippen LogP contribution in [0.1, 0.15) is 11.3 Å². The van der Waals surface area contributed by atoms with Crippen LogP contribution in [0, 0.1) is 6.92 Å². The standard InChI is InChI=1S/C15H14ClN3O/c1-10-13(15(16)19(2)18-10)9-20-12-7-11-5-3-4-6-14(11)17-8-12/h3-8H,9H2,1-2H3. The van der Waals surface area contributed by atoms with Gasteiger partial charge < -0.3 is 4.74 Å². The van der Waals surface area contributed by atoms with Crippen LogP contribution in [0.2, 0.25) is 5.15 Å². The Morgan fingerprint density at radius 2 is 2.10 bits per heavy atom. The van der Waals surface area contributed by atoms with Gasteiger partial charge in [0.25, 0.3) is 0 Å². The number of ether oxygens (including phenoxy) is 1.